The summed E-state index contributed by atoms with van der Waals surface area (Å²) in [6, 6.07) is 5.02. The van der Waals surface area contributed by atoms with E-state index in [1.165, 1.54) is 4.90 Å². The Balaban J connectivity index is 2.02. The summed E-state index contributed by atoms with van der Waals surface area (Å²) in [5.74, 6) is -0.442. The highest BCUT2D eigenvalue weighted by Crippen LogP contribution is 2.22. The molecule has 6 nitrogen and oxygen atoms in total. The lowest BCUT2D eigenvalue weighted by Crippen LogP contribution is -2.49. The highest BCUT2D eigenvalue weighted by atomic mass is 16.3. The number of aryl methyl sites for hydroxylation is 1. The third kappa shape index (κ3) is 3.52. The van der Waals surface area contributed by atoms with E-state index >= 15 is 0 Å². The summed E-state index contributed by atoms with van der Waals surface area (Å²) in [7, 11) is 1.57. The van der Waals surface area contributed by atoms with Gasteiger partial charge in [0.05, 0.1) is 12.1 Å². The summed E-state index contributed by atoms with van der Waals surface area (Å²) in [6.45, 7) is 4.64. The van der Waals surface area contributed by atoms with Crippen LogP contribution in [0.1, 0.15) is 15.9 Å². The zero-order valence-corrected chi connectivity index (χ0v) is 12.4. The maximum atomic E-state index is 12.3. The lowest BCUT2D eigenvalue weighted by atomic mass is 10.1. The first-order valence-corrected chi connectivity index (χ1v) is 7.03. The predicted molar refractivity (Wildman–Crippen MR) is 79.3 cm³/mol. The zero-order valence-electron chi connectivity index (χ0n) is 12.4. The Morgan fingerprint density at radius 2 is 2.00 bits per heavy atom. The van der Waals surface area contributed by atoms with Crippen molar-refractivity contribution < 1.29 is 14.7 Å². The van der Waals surface area contributed by atoms with Gasteiger partial charge in [0, 0.05) is 33.2 Å². The van der Waals surface area contributed by atoms with Crippen LogP contribution < -0.4 is 5.32 Å². The van der Waals surface area contributed by atoms with Crippen molar-refractivity contribution in [3.05, 3.63) is 29.3 Å². The number of piperazine rings is 1. The van der Waals surface area contributed by atoms with Gasteiger partial charge in [0.2, 0.25) is 5.91 Å². The Morgan fingerprint density at radius 3 is 2.67 bits per heavy atom. The molecule has 1 heterocycles. The quantitative estimate of drug-likeness (QED) is 0.835. The van der Waals surface area contributed by atoms with Crippen molar-refractivity contribution in [2.75, 3.05) is 39.8 Å². The standard InChI is InChI=1S/C15H21N3O3/c1-11-4-3-5-12(14(11)20)15(21)17(2)10-13(19)18-8-6-16-7-9-18/h3-5,16,20H,6-10H2,1-2H3. The van der Waals surface area contributed by atoms with Gasteiger partial charge in [-0.05, 0) is 18.6 Å². The number of phenols is 1. The molecule has 21 heavy (non-hydrogen) atoms. The molecule has 0 aliphatic carbocycles. The Hall–Kier alpha value is -2.08. The molecule has 0 saturated carbocycles. The van der Waals surface area contributed by atoms with E-state index < -0.39 is 0 Å². The Morgan fingerprint density at radius 1 is 1.33 bits per heavy atom. The van der Waals surface area contributed by atoms with Crippen molar-refractivity contribution in [3.8, 4) is 5.75 Å². The number of likely N-dealkylation sites (N-methyl/N-ethyl adjacent to an activating group) is 1. The first-order valence-electron chi connectivity index (χ1n) is 7.03. The van der Waals surface area contributed by atoms with Crippen molar-refractivity contribution in [2.24, 2.45) is 0 Å². The fourth-order valence-electron chi connectivity index (χ4n) is 2.33. The topological polar surface area (TPSA) is 72.9 Å². The molecule has 0 spiro atoms. The fourth-order valence-corrected chi connectivity index (χ4v) is 2.33. The molecular formula is C15H21N3O3. The molecule has 114 valence electrons. The van der Waals surface area contributed by atoms with Crippen LogP contribution in [0.15, 0.2) is 18.2 Å². The monoisotopic (exact) mass is 291 g/mol. The summed E-state index contributed by atoms with van der Waals surface area (Å²) < 4.78 is 0. The average Bonchev–Trinajstić information content (AvgIpc) is 2.50. The van der Waals surface area contributed by atoms with E-state index in [0.717, 1.165) is 13.1 Å². The van der Waals surface area contributed by atoms with Crippen LogP contribution in [0.3, 0.4) is 0 Å². The van der Waals surface area contributed by atoms with Crippen LogP contribution in [0, 0.1) is 6.92 Å². The average molecular weight is 291 g/mol. The van der Waals surface area contributed by atoms with Crippen LogP contribution in [0.2, 0.25) is 0 Å². The van der Waals surface area contributed by atoms with Gasteiger partial charge in [-0.2, -0.15) is 0 Å². The highest BCUT2D eigenvalue weighted by Gasteiger charge is 2.22. The first kappa shape index (κ1) is 15.3. The molecule has 1 aliphatic rings. The Kier molecular flexibility index (Phi) is 4.80. The van der Waals surface area contributed by atoms with Crippen LogP contribution in [-0.4, -0.2) is 66.5 Å². The predicted octanol–water partition coefficient (Wildman–Crippen LogP) is 0.204. The Bertz CT molecular complexity index is 539. The molecular weight excluding hydrogens is 270 g/mol. The van der Waals surface area contributed by atoms with Gasteiger partial charge >= 0.3 is 0 Å². The number of carbonyl (C=O) groups excluding carboxylic acids is 2. The molecule has 1 aromatic rings. The summed E-state index contributed by atoms with van der Waals surface area (Å²) in [6.07, 6.45) is 0. The van der Waals surface area contributed by atoms with Crippen molar-refractivity contribution in [1.82, 2.24) is 15.1 Å². The molecule has 6 heteroatoms. The van der Waals surface area contributed by atoms with E-state index in [4.69, 9.17) is 0 Å². The van der Waals surface area contributed by atoms with Gasteiger partial charge in [0.25, 0.3) is 5.91 Å². The summed E-state index contributed by atoms with van der Waals surface area (Å²) in [5, 5.41) is 13.1. The van der Waals surface area contributed by atoms with E-state index in [2.05, 4.69) is 5.32 Å². The number of rotatable bonds is 3. The van der Waals surface area contributed by atoms with Gasteiger partial charge in [-0.25, -0.2) is 0 Å². The number of nitrogens with one attached hydrogen (secondary N) is 1. The first-order chi connectivity index (χ1) is 10.0. The molecule has 1 aromatic carbocycles. The Labute approximate surface area is 124 Å². The number of hydrogen-bond acceptors (Lipinski definition) is 4. The number of carbonyl (C=O) groups is 2. The van der Waals surface area contributed by atoms with E-state index in [1.807, 2.05) is 0 Å². The van der Waals surface area contributed by atoms with Gasteiger partial charge < -0.3 is 20.2 Å². The highest BCUT2D eigenvalue weighted by molar-refractivity contribution is 5.98. The van der Waals surface area contributed by atoms with Crippen LogP contribution in [0.25, 0.3) is 0 Å². The van der Waals surface area contributed by atoms with E-state index in [0.29, 0.717) is 18.7 Å². The van der Waals surface area contributed by atoms with Crippen LogP contribution in [0.4, 0.5) is 0 Å². The van der Waals surface area contributed by atoms with Gasteiger partial charge in [0.15, 0.2) is 0 Å². The summed E-state index contributed by atoms with van der Waals surface area (Å²) in [5.41, 5.74) is 0.869. The summed E-state index contributed by atoms with van der Waals surface area (Å²) in [4.78, 5) is 27.5. The van der Waals surface area contributed by atoms with Crippen LogP contribution >= 0.6 is 0 Å². The number of nitrogens with zero attached hydrogens (tertiary/aromatic N) is 2. The molecule has 0 radical (unpaired) electrons. The van der Waals surface area contributed by atoms with Gasteiger partial charge in [-0.3, -0.25) is 9.59 Å². The number of benzene rings is 1. The molecule has 0 bridgehead atoms. The second-order valence-corrected chi connectivity index (χ2v) is 5.26. The van der Waals surface area contributed by atoms with Crippen molar-refractivity contribution in [2.45, 2.75) is 6.92 Å². The molecule has 2 amide bonds. The second-order valence-electron chi connectivity index (χ2n) is 5.26. The minimum atomic E-state index is -0.348. The molecule has 2 N–H and O–H groups in total. The maximum Gasteiger partial charge on any atom is 0.257 e. The minimum absolute atomic E-state index is 0.0201. The maximum absolute atomic E-state index is 12.3. The zero-order chi connectivity index (χ0) is 15.4. The number of aromatic hydroxyl groups is 1. The molecule has 0 unspecified atom stereocenters. The third-order valence-electron chi connectivity index (χ3n) is 3.66. The van der Waals surface area contributed by atoms with E-state index in [-0.39, 0.29) is 29.7 Å². The lowest BCUT2D eigenvalue weighted by molar-refractivity contribution is -0.132. The van der Waals surface area contributed by atoms with Crippen molar-refractivity contribution in [1.29, 1.82) is 0 Å². The van der Waals surface area contributed by atoms with Crippen molar-refractivity contribution >= 4 is 11.8 Å². The summed E-state index contributed by atoms with van der Waals surface area (Å²) >= 11 is 0. The van der Waals surface area contributed by atoms with Crippen LogP contribution in [-0.2, 0) is 4.79 Å². The fraction of sp³-hybridized carbons (Fsp3) is 0.467. The minimum Gasteiger partial charge on any atom is -0.507 e. The molecule has 1 fully saturated rings. The van der Waals surface area contributed by atoms with Gasteiger partial charge in [0.1, 0.15) is 5.75 Å². The second kappa shape index (κ2) is 6.58. The van der Waals surface area contributed by atoms with E-state index in [1.54, 1.807) is 37.1 Å². The molecule has 0 aromatic heterocycles. The van der Waals surface area contributed by atoms with Gasteiger partial charge in [-0.1, -0.05) is 12.1 Å². The molecule has 1 saturated heterocycles. The molecule has 2 rings (SSSR count). The third-order valence-corrected chi connectivity index (χ3v) is 3.66. The number of amides is 2. The number of phenolic OH excluding ortho intramolecular Hbond substituents is 1. The molecule has 1 aliphatic heterocycles. The SMILES string of the molecule is Cc1cccc(C(=O)N(C)CC(=O)N2CCNCC2)c1O. The molecule has 0 atom stereocenters. The van der Waals surface area contributed by atoms with Crippen LogP contribution in [0.5, 0.6) is 5.75 Å². The van der Waals surface area contributed by atoms with Crippen molar-refractivity contribution in [3.63, 3.8) is 0 Å². The van der Waals surface area contributed by atoms with Gasteiger partial charge in [-0.15, -0.1) is 0 Å². The largest absolute Gasteiger partial charge is 0.507 e. The number of hydrogen-bond donors (Lipinski definition) is 2. The number of para-hydroxylation sites is 1. The normalized spacial score (nSPS) is 14.9. The van der Waals surface area contributed by atoms with E-state index in [9.17, 15) is 14.7 Å². The smallest absolute Gasteiger partial charge is 0.257 e. The lowest BCUT2D eigenvalue weighted by Gasteiger charge is -2.29.